The van der Waals surface area contributed by atoms with Crippen molar-refractivity contribution in [3.8, 4) is 28.6 Å². The molecular weight excluding hydrogens is 428 g/mol. The number of hydrogen-bond donors (Lipinski definition) is 1. The third kappa shape index (κ3) is 5.16. The van der Waals surface area contributed by atoms with Gasteiger partial charge in [0, 0.05) is 12.1 Å². The average molecular weight is 457 g/mol. The van der Waals surface area contributed by atoms with Crippen LogP contribution in [0.15, 0.2) is 47.6 Å². The summed E-state index contributed by atoms with van der Waals surface area (Å²) in [6.45, 7) is 4.62. The van der Waals surface area contributed by atoms with E-state index in [-0.39, 0.29) is 17.7 Å². The molecule has 2 aromatic carbocycles. The predicted octanol–water partition coefficient (Wildman–Crippen LogP) is 3.96. The summed E-state index contributed by atoms with van der Waals surface area (Å²) in [5, 5.41) is 12.4. The Balaban J connectivity index is 1.76. The molecule has 1 atom stereocenters. The van der Waals surface area contributed by atoms with E-state index in [4.69, 9.17) is 14.2 Å². The molecule has 9 heteroatoms. The Labute approximate surface area is 192 Å². The van der Waals surface area contributed by atoms with Crippen LogP contribution in [0.2, 0.25) is 0 Å². The maximum atomic E-state index is 12.5. The van der Waals surface area contributed by atoms with Crippen LogP contribution in [0.5, 0.6) is 17.2 Å². The minimum Gasteiger partial charge on any atom is -0.493 e. The zero-order valence-corrected chi connectivity index (χ0v) is 19.7. The zero-order valence-electron chi connectivity index (χ0n) is 18.9. The molecule has 3 rings (SSSR count). The van der Waals surface area contributed by atoms with Crippen molar-refractivity contribution in [2.24, 2.45) is 0 Å². The van der Waals surface area contributed by atoms with E-state index in [1.165, 1.54) is 11.8 Å². The molecule has 0 spiro atoms. The van der Waals surface area contributed by atoms with Crippen LogP contribution in [-0.4, -0.2) is 47.8 Å². The second kappa shape index (κ2) is 10.9. The molecule has 0 aliphatic carbocycles. The van der Waals surface area contributed by atoms with Gasteiger partial charge in [0.1, 0.15) is 0 Å². The number of thioether (sulfide) groups is 1. The highest BCUT2D eigenvalue weighted by Gasteiger charge is 2.20. The third-order valence-corrected chi connectivity index (χ3v) is 5.93. The van der Waals surface area contributed by atoms with Crippen molar-refractivity contribution in [2.45, 2.75) is 31.6 Å². The van der Waals surface area contributed by atoms with Gasteiger partial charge >= 0.3 is 0 Å². The number of hydrogen-bond acceptors (Lipinski definition) is 7. The lowest BCUT2D eigenvalue weighted by atomic mass is 10.1. The van der Waals surface area contributed by atoms with Gasteiger partial charge in [0.15, 0.2) is 22.5 Å². The van der Waals surface area contributed by atoms with Gasteiger partial charge in [-0.25, -0.2) is 0 Å². The molecule has 0 radical (unpaired) electrons. The fraction of sp³-hybridized carbons (Fsp3) is 0.348. The van der Waals surface area contributed by atoms with Crippen molar-refractivity contribution >= 4 is 17.7 Å². The Bertz CT molecular complexity index is 1030. The highest BCUT2D eigenvalue weighted by atomic mass is 32.2. The molecule has 1 amide bonds. The summed E-state index contributed by atoms with van der Waals surface area (Å²) in [5.74, 6) is 2.43. The molecule has 0 saturated carbocycles. The molecule has 0 aliphatic heterocycles. The Morgan fingerprint density at radius 3 is 2.28 bits per heavy atom. The van der Waals surface area contributed by atoms with Gasteiger partial charge in [0.05, 0.1) is 33.1 Å². The van der Waals surface area contributed by atoms with Crippen molar-refractivity contribution in [1.82, 2.24) is 20.1 Å². The number of aromatic nitrogens is 3. The lowest BCUT2D eigenvalue weighted by Crippen LogP contribution is -2.28. The largest absolute Gasteiger partial charge is 0.493 e. The number of ether oxygens (including phenoxy) is 3. The van der Waals surface area contributed by atoms with Crippen LogP contribution in [0.4, 0.5) is 0 Å². The van der Waals surface area contributed by atoms with Crippen LogP contribution in [0, 0.1) is 0 Å². The summed E-state index contributed by atoms with van der Waals surface area (Å²) in [6, 6.07) is 13.5. The summed E-state index contributed by atoms with van der Waals surface area (Å²) in [7, 11) is 4.71. The topological polar surface area (TPSA) is 87.5 Å². The number of carbonyl (C=O) groups is 1. The summed E-state index contributed by atoms with van der Waals surface area (Å²) >= 11 is 1.35. The van der Waals surface area contributed by atoms with E-state index < -0.39 is 0 Å². The number of nitrogens with one attached hydrogen (secondary N) is 1. The van der Waals surface area contributed by atoms with E-state index in [0.717, 1.165) is 11.1 Å². The Hall–Kier alpha value is -3.20. The number of benzene rings is 2. The van der Waals surface area contributed by atoms with Crippen molar-refractivity contribution in [1.29, 1.82) is 0 Å². The van der Waals surface area contributed by atoms with E-state index in [1.54, 1.807) is 21.3 Å². The van der Waals surface area contributed by atoms with Crippen molar-refractivity contribution < 1.29 is 19.0 Å². The molecule has 0 saturated heterocycles. The van der Waals surface area contributed by atoms with Crippen LogP contribution in [0.25, 0.3) is 11.4 Å². The quantitative estimate of drug-likeness (QED) is 0.462. The number of carbonyl (C=O) groups excluding carboxylic acids is 1. The van der Waals surface area contributed by atoms with Gasteiger partial charge in [0.2, 0.25) is 11.7 Å². The van der Waals surface area contributed by atoms with Crippen LogP contribution >= 0.6 is 11.8 Å². The predicted molar refractivity (Wildman–Crippen MR) is 125 cm³/mol. The maximum absolute atomic E-state index is 12.5. The molecule has 1 aromatic heterocycles. The first-order valence-corrected chi connectivity index (χ1v) is 11.2. The van der Waals surface area contributed by atoms with Gasteiger partial charge in [0.25, 0.3) is 0 Å². The van der Waals surface area contributed by atoms with Crippen molar-refractivity contribution in [3.63, 3.8) is 0 Å². The summed E-state index contributed by atoms with van der Waals surface area (Å²) in [6.07, 6.45) is 0. The maximum Gasteiger partial charge on any atom is 0.230 e. The van der Waals surface area contributed by atoms with Crippen LogP contribution in [0.1, 0.15) is 25.5 Å². The molecular formula is C23H28N4O4S. The number of rotatable bonds is 10. The van der Waals surface area contributed by atoms with E-state index in [1.807, 2.05) is 60.9 Å². The number of methoxy groups -OCH3 is 3. The van der Waals surface area contributed by atoms with Crippen LogP contribution < -0.4 is 19.5 Å². The lowest BCUT2D eigenvalue weighted by molar-refractivity contribution is -0.119. The van der Waals surface area contributed by atoms with Crippen LogP contribution in [0.3, 0.4) is 0 Å². The first-order chi connectivity index (χ1) is 15.5. The lowest BCUT2D eigenvalue weighted by Gasteiger charge is -2.15. The minimum absolute atomic E-state index is 0.0636. The van der Waals surface area contributed by atoms with Crippen LogP contribution in [-0.2, 0) is 11.3 Å². The molecule has 3 aromatic rings. The number of nitrogens with zero attached hydrogens (tertiary/aromatic N) is 3. The molecule has 8 nitrogen and oxygen atoms in total. The fourth-order valence-corrected chi connectivity index (χ4v) is 4.16. The summed E-state index contributed by atoms with van der Waals surface area (Å²) in [5.41, 5.74) is 1.84. The van der Waals surface area contributed by atoms with Gasteiger partial charge in [-0.3, -0.25) is 4.79 Å². The SMILES string of the molecule is CCn1c(SCC(=O)NC(C)c2ccccc2)nnc1-c1cc(OC)c(OC)c(OC)c1. The standard InChI is InChI=1S/C23H28N4O4S/c1-6-27-22(17-12-18(29-3)21(31-5)19(13-17)30-4)25-26-23(27)32-14-20(28)24-15(2)16-10-8-7-9-11-16/h7-13,15H,6,14H2,1-5H3,(H,24,28). The van der Waals surface area contributed by atoms with Gasteiger partial charge in [-0.05, 0) is 31.5 Å². The highest BCUT2D eigenvalue weighted by molar-refractivity contribution is 7.99. The molecule has 0 bridgehead atoms. The molecule has 32 heavy (non-hydrogen) atoms. The average Bonchev–Trinajstić information content (AvgIpc) is 3.25. The second-order valence-electron chi connectivity index (χ2n) is 6.95. The fourth-order valence-electron chi connectivity index (χ4n) is 3.34. The smallest absolute Gasteiger partial charge is 0.230 e. The monoisotopic (exact) mass is 456 g/mol. The highest BCUT2D eigenvalue weighted by Crippen LogP contribution is 2.41. The molecule has 1 N–H and O–H groups in total. The second-order valence-corrected chi connectivity index (χ2v) is 7.90. The van der Waals surface area contributed by atoms with E-state index in [2.05, 4.69) is 15.5 Å². The molecule has 170 valence electrons. The Morgan fingerprint density at radius 2 is 1.72 bits per heavy atom. The van der Waals surface area contributed by atoms with Gasteiger partial charge in [-0.15, -0.1) is 10.2 Å². The van der Waals surface area contributed by atoms with E-state index >= 15 is 0 Å². The molecule has 0 fully saturated rings. The van der Waals surface area contributed by atoms with E-state index in [9.17, 15) is 4.79 Å². The third-order valence-electron chi connectivity index (χ3n) is 4.97. The van der Waals surface area contributed by atoms with Gasteiger partial charge in [-0.2, -0.15) is 0 Å². The molecule has 1 unspecified atom stereocenters. The molecule has 0 aliphatic rings. The first-order valence-electron chi connectivity index (χ1n) is 10.2. The first kappa shape index (κ1) is 23.5. The minimum atomic E-state index is -0.0665. The van der Waals surface area contributed by atoms with Crippen molar-refractivity contribution in [2.75, 3.05) is 27.1 Å². The molecule has 1 heterocycles. The summed E-state index contributed by atoms with van der Waals surface area (Å²) in [4.78, 5) is 12.5. The van der Waals surface area contributed by atoms with Gasteiger partial charge in [-0.1, -0.05) is 42.1 Å². The van der Waals surface area contributed by atoms with Gasteiger partial charge < -0.3 is 24.1 Å². The zero-order chi connectivity index (χ0) is 23.1. The van der Waals surface area contributed by atoms with Crippen molar-refractivity contribution in [3.05, 3.63) is 48.0 Å². The Morgan fingerprint density at radius 1 is 1.06 bits per heavy atom. The van der Waals surface area contributed by atoms with E-state index in [0.29, 0.717) is 34.8 Å². The normalized spacial score (nSPS) is 11.7. The summed E-state index contributed by atoms with van der Waals surface area (Å²) < 4.78 is 18.3. The number of amides is 1. The Kier molecular flexibility index (Phi) is 7.99.